The predicted octanol–water partition coefficient (Wildman–Crippen LogP) is 3.75. The fraction of sp³-hybridized carbons (Fsp3) is 0.720. The second kappa shape index (κ2) is 7.43. The van der Waals surface area contributed by atoms with E-state index in [9.17, 15) is 19.5 Å². The van der Waals surface area contributed by atoms with Crippen LogP contribution in [0.3, 0.4) is 0 Å². The van der Waals surface area contributed by atoms with Crippen LogP contribution >= 0.6 is 11.6 Å². The number of allylic oxidation sites excluding steroid dienone is 4. The van der Waals surface area contributed by atoms with Crippen LogP contribution in [-0.2, 0) is 23.8 Å². The first-order valence-corrected chi connectivity index (χ1v) is 12.2. The molecule has 4 fully saturated rings. The molecule has 1 heterocycles. The Morgan fingerprint density at radius 1 is 1.23 bits per heavy atom. The highest BCUT2D eigenvalue weighted by molar-refractivity contribution is 6.61. The summed E-state index contributed by atoms with van der Waals surface area (Å²) in [7, 11) is 0. The molecule has 2 unspecified atom stereocenters. The van der Waals surface area contributed by atoms with Gasteiger partial charge in [-0.2, -0.15) is 0 Å². The summed E-state index contributed by atoms with van der Waals surface area (Å²) < 4.78 is 50.0. The first kappa shape index (κ1) is 25.0. The van der Waals surface area contributed by atoms with Crippen LogP contribution in [0.2, 0.25) is 0 Å². The molecule has 3 saturated carbocycles. The molecule has 0 radical (unpaired) electrons. The van der Waals surface area contributed by atoms with Gasteiger partial charge < -0.3 is 19.3 Å². The molecule has 35 heavy (non-hydrogen) atoms. The molecule has 5 rings (SSSR count). The number of rotatable bonds is 3. The molecule has 4 aliphatic carbocycles. The van der Waals surface area contributed by atoms with Gasteiger partial charge in [-0.1, -0.05) is 13.0 Å². The lowest BCUT2D eigenvalue weighted by molar-refractivity contribution is -0.248. The van der Waals surface area contributed by atoms with Crippen molar-refractivity contribution >= 4 is 28.6 Å². The van der Waals surface area contributed by atoms with Gasteiger partial charge in [0.25, 0.3) is 0 Å². The normalized spacial score (nSPS) is 49.4. The summed E-state index contributed by atoms with van der Waals surface area (Å²) in [4.78, 5) is 36.8. The molecule has 192 valence electrons. The summed E-state index contributed by atoms with van der Waals surface area (Å²) in [5.74, 6) is -3.79. The van der Waals surface area contributed by atoms with Crippen molar-refractivity contribution in [2.24, 2.45) is 22.7 Å². The summed E-state index contributed by atoms with van der Waals surface area (Å²) in [6.07, 6.45) is -0.559. The van der Waals surface area contributed by atoms with E-state index in [0.717, 1.165) is 6.08 Å². The van der Waals surface area contributed by atoms with Crippen LogP contribution in [0.15, 0.2) is 23.8 Å². The molecule has 5 aliphatic rings. The smallest absolute Gasteiger partial charge is 0.404 e. The molecule has 0 aromatic rings. The van der Waals surface area contributed by atoms with E-state index in [1.165, 1.54) is 19.1 Å². The summed E-state index contributed by atoms with van der Waals surface area (Å²) >= 11 is 5.28. The van der Waals surface area contributed by atoms with Crippen LogP contribution in [0.5, 0.6) is 0 Å². The van der Waals surface area contributed by atoms with E-state index in [2.05, 4.69) is 0 Å². The molecule has 1 N–H and O–H groups in total. The number of alkyl halides is 2. The Labute approximate surface area is 206 Å². The van der Waals surface area contributed by atoms with Crippen LogP contribution in [0, 0.1) is 22.7 Å². The topological polar surface area (TPSA) is 99.1 Å². The molecule has 9 atom stereocenters. The number of hydrogen-bond acceptors (Lipinski definition) is 7. The van der Waals surface area contributed by atoms with E-state index < -0.39 is 81.7 Å². The van der Waals surface area contributed by atoms with E-state index >= 15 is 8.78 Å². The second-order valence-electron chi connectivity index (χ2n) is 11.4. The summed E-state index contributed by atoms with van der Waals surface area (Å²) in [5, 5.41) is 11.4. The standard InChI is InChI=1S/C25H29ClF2O7/c1-21(2)34-19-9-13-14-8-16(27)15-7-12(29)5-6-22(15,3)24(14,28)17(30)10-23(13,4)25(19,35-21)18(31)11-33-20(26)32/h5-7,13-14,16-17,19,30H,8-11H2,1-4H3/t13?,14?,16-,17-,19+,22-,23-,24-,25+/m0/s1. The highest BCUT2D eigenvalue weighted by Gasteiger charge is 2.80. The lowest BCUT2D eigenvalue weighted by Gasteiger charge is -2.63. The molecule has 0 spiro atoms. The number of aliphatic hydroxyl groups excluding tert-OH is 1. The van der Waals surface area contributed by atoms with Crippen LogP contribution in [0.4, 0.5) is 13.6 Å². The Balaban J connectivity index is 1.62. The summed E-state index contributed by atoms with van der Waals surface area (Å²) in [6, 6.07) is 0. The SMILES string of the molecule is CC1(C)O[C@@H]2CC3C4C[C@H](F)C5=CC(=O)C=C[C@]5(C)[C@@]4(F)[C@@H](O)C[C@]3(C)[C@]2(C(=O)COC(=O)Cl)O1. The minimum Gasteiger partial charge on any atom is -0.446 e. The maximum Gasteiger partial charge on any atom is 0.404 e. The minimum atomic E-state index is -2.29. The van der Waals surface area contributed by atoms with E-state index in [0.29, 0.717) is 0 Å². The molecule has 7 nitrogen and oxygen atoms in total. The Hall–Kier alpha value is -1.68. The number of Topliss-reactive ketones (excluding diaryl/α,β-unsaturated/α-hetero) is 1. The van der Waals surface area contributed by atoms with Crippen LogP contribution in [-0.4, -0.2) is 64.1 Å². The van der Waals surface area contributed by atoms with Crippen molar-refractivity contribution in [2.75, 3.05) is 6.61 Å². The van der Waals surface area contributed by atoms with Crippen molar-refractivity contribution in [3.63, 3.8) is 0 Å². The fourth-order valence-electron chi connectivity index (χ4n) is 8.03. The summed E-state index contributed by atoms with van der Waals surface area (Å²) in [5.41, 5.74) is -7.77. The first-order chi connectivity index (χ1) is 16.1. The number of fused-ring (bicyclic) bond motifs is 7. The Morgan fingerprint density at radius 2 is 1.91 bits per heavy atom. The summed E-state index contributed by atoms with van der Waals surface area (Å²) in [6.45, 7) is 5.85. The molecular weight excluding hydrogens is 486 g/mol. The highest BCUT2D eigenvalue weighted by atomic mass is 35.5. The van der Waals surface area contributed by atoms with Crippen molar-refractivity contribution < 1.29 is 42.5 Å². The monoisotopic (exact) mass is 514 g/mol. The molecule has 0 aromatic heterocycles. The molecule has 0 aromatic carbocycles. The maximum absolute atomic E-state index is 17.3. The molecule has 1 aliphatic heterocycles. The third-order valence-electron chi connectivity index (χ3n) is 9.35. The van der Waals surface area contributed by atoms with Gasteiger partial charge in [0.05, 0.1) is 12.2 Å². The quantitative estimate of drug-likeness (QED) is 0.573. The number of carbonyl (C=O) groups excluding carboxylic acids is 3. The number of ether oxygens (including phenoxy) is 3. The van der Waals surface area contributed by atoms with E-state index in [1.807, 2.05) is 0 Å². The number of halogens is 3. The Kier molecular flexibility index (Phi) is 5.31. The van der Waals surface area contributed by atoms with Crippen LogP contribution < -0.4 is 0 Å². The Morgan fingerprint density at radius 3 is 2.57 bits per heavy atom. The third kappa shape index (κ3) is 3.01. The van der Waals surface area contributed by atoms with Crippen molar-refractivity contribution in [1.29, 1.82) is 0 Å². The molecule has 1 saturated heterocycles. The molecule has 0 amide bonds. The van der Waals surface area contributed by atoms with Gasteiger partial charge in [0.1, 0.15) is 6.17 Å². The van der Waals surface area contributed by atoms with Gasteiger partial charge in [-0.3, -0.25) is 9.59 Å². The van der Waals surface area contributed by atoms with Gasteiger partial charge in [0.2, 0.25) is 5.78 Å². The third-order valence-corrected chi connectivity index (χ3v) is 9.46. The van der Waals surface area contributed by atoms with Gasteiger partial charge >= 0.3 is 5.43 Å². The van der Waals surface area contributed by atoms with E-state index in [4.69, 9.17) is 25.8 Å². The van der Waals surface area contributed by atoms with E-state index in [-0.39, 0.29) is 24.8 Å². The van der Waals surface area contributed by atoms with Gasteiger partial charge in [0.15, 0.2) is 29.4 Å². The average molecular weight is 515 g/mol. The fourth-order valence-corrected chi connectivity index (χ4v) is 8.09. The Bertz CT molecular complexity index is 1070. The molecule has 0 bridgehead atoms. The number of aliphatic hydroxyl groups is 1. The second-order valence-corrected chi connectivity index (χ2v) is 11.7. The minimum absolute atomic E-state index is 0.0260. The van der Waals surface area contributed by atoms with Crippen LogP contribution in [0.1, 0.15) is 47.0 Å². The lowest BCUT2D eigenvalue weighted by Crippen LogP contribution is -2.71. The molecular formula is C25H29ClF2O7. The average Bonchev–Trinajstić information content (AvgIpc) is 3.16. The van der Waals surface area contributed by atoms with Crippen molar-refractivity contribution in [3.05, 3.63) is 23.8 Å². The number of ketones is 2. The number of carbonyl (C=O) groups is 3. The van der Waals surface area contributed by atoms with Crippen molar-refractivity contribution in [3.8, 4) is 0 Å². The first-order valence-electron chi connectivity index (χ1n) is 11.8. The van der Waals surface area contributed by atoms with Crippen molar-refractivity contribution in [1.82, 2.24) is 0 Å². The van der Waals surface area contributed by atoms with Gasteiger partial charge in [-0.05, 0) is 63.7 Å². The zero-order valence-electron chi connectivity index (χ0n) is 20.0. The van der Waals surface area contributed by atoms with Crippen LogP contribution in [0.25, 0.3) is 0 Å². The predicted molar refractivity (Wildman–Crippen MR) is 119 cm³/mol. The number of hydrogen-bond donors (Lipinski definition) is 1. The maximum atomic E-state index is 17.3. The zero-order chi connectivity index (χ0) is 25.8. The van der Waals surface area contributed by atoms with Crippen molar-refractivity contribution in [2.45, 2.75) is 82.4 Å². The lowest BCUT2D eigenvalue weighted by atomic mass is 9.44. The van der Waals surface area contributed by atoms with Gasteiger partial charge in [-0.25, -0.2) is 13.6 Å². The van der Waals surface area contributed by atoms with Gasteiger partial charge in [-0.15, -0.1) is 0 Å². The highest BCUT2D eigenvalue weighted by Crippen LogP contribution is 2.72. The zero-order valence-corrected chi connectivity index (χ0v) is 20.7. The van der Waals surface area contributed by atoms with E-state index in [1.54, 1.807) is 20.8 Å². The van der Waals surface area contributed by atoms with Gasteiger partial charge in [0, 0.05) is 28.3 Å². The largest absolute Gasteiger partial charge is 0.446 e. The molecule has 10 heteroatoms.